The molecule has 4 nitrogen and oxygen atoms in total. The summed E-state index contributed by atoms with van der Waals surface area (Å²) in [5, 5.41) is 11.5. The van der Waals surface area contributed by atoms with E-state index in [1.165, 1.54) is 0 Å². The Labute approximate surface area is 146 Å². The summed E-state index contributed by atoms with van der Waals surface area (Å²) in [6.45, 7) is 0. The van der Waals surface area contributed by atoms with Gasteiger partial charge in [0.05, 0.1) is 12.5 Å². The Balaban J connectivity index is 1.70. The topological polar surface area (TPSA) is 62.1 Å². The molecule has 0 atom stereocenters. The van der Waals surface area contributed by atoms with Crippen molar-refractivity contribution in [3.05, 3.63) is 90.0 Å². The third-order valence-corrected chi connectivity index (χ3v) is 3.57. The van der Waals surface area contributed by atoms with Gasteiger partial charge in [-0.15, -0.1) is 0 Å². The second kappa shape index (κ2) is 7.80. The number of amides is 1. The molecule has 0 aliphatic rings. The fourth-order valence-corrected chi connectivity index (χ4v) is 2.33. The van der Waals surface area contributed by atoms with Gasteiger partial charge >= 0.3 is 0 Å². The largest absolute Gasteiger partial charge is 0.457 e. The van der Waals surface area contributed by atoms with E-state index in [2.05, 4.69) is 11.4 Å². The molecule has 0 saturated carbocycles. The van der Waals surface area contributed by atoms with Crippen LogP contribution in [-0.2, 0) is 6.42 Å². The number of nitrogens with zero attached hydrogens (tertiary/aromatic N) is 1. The van der Waals surface area contributed by atoms with Gasteiger partial charge in [-0.2, -0.15) is 5.26 Å². The number of ether oxygens (including phenoxy) is 1. The van der Waals surface area contributed by atoms with Gasteiger partial charge < -0.3 is 10.1 Å². The average Bonchev–Trinajstić information content (AvgIpc) is 2.65. The summed E-state index contributed by atoms with van der Waals surface area (Å²) in [5.41, 5.74) is 2.11. The molecule has 1 amide bonds. The van der Waals surface area contributed by atoms with Crippen molar-refractivity contribution in [3.63, 3.8) is 0 Å². The van der Waals surface area contributed by atoms with Gasteiger partial charge in [0, 0.05) is 11.3 Å². The van der Waals surface area contributed by atoms with E-state index in [1.807, 2.05) is 42.5 Å². The van der Waals surface area contributed by atoms with Crippen LogP contribution in [0.4, 0.5) is 5.69 Å². The van der Waals surface area contributed by atoms with Gasteiger partial charge in [-0.1, -0.05) is 36.4 Å². The van der Waals surface area contributed by atoms with E-state index in [0.717, 1.165) is 5.56 Å². The average molecular weight is 328 g/mol. The Morgan fingerprint density at radius 3 is 2.36 bits per heavy atom. The Hall–Kier alpha value is -3.58. The SMILES string of the molecule is N#CCc1ccc(NC(=O)c2cccc(Oc3ccccc3)c2)cc1. The first-order chi connectivity index (χ1) is 12.2. The van der Waals surface area contributed by atoms with Crippen molar-refractivity contribution >= 4 is 11.6 Å². The zero-order chi connectivity index (χ0) is 17.5. The zero-order valence-corrected chi connectivity index (χ0v) is 13.5. The predicted octanol–water partition coefficient (Wildman–Crippen LogP) is 4.80. The third kappa shape index (κ3) is 4.46. The van der Waals surface area contributed by atoms with Crippen LogP contribution in [0.1, 0.15) is 15.9 Å². The molecule has 122 valence electrons. The van der Waals surface area contributed by atoms with E-state index in [4.69, 9.17) is 10.00 Å². The van der Waals surface area contributed by atoms with Gasteiger partial charge in [0.2, 0.25) is 0 Å². The maximum absolute atomic E-state index is 12.4. The summed E-state index contributed by atoms with van der Waals surface area (Å²) in [4.78, 5) is 12.4. The molecule has 0 radical (unpaired) electrons. The van der Waals surface area contributed by atoms with Crippen molar-refractivity contribution in [2.24, 2.45) is 0 Å². The number of hydrogen-bond acceptors (Lipinski definition) is 3. The minimum atomic E-state index is -0.216. The molecule has 3 rings (SSSR count). The summed E-state index contributed by atoms with van der Waals surface area (Å²) < 4.78 is 5.75. The zero-order valence-electron chi connectivity index (χ0n) is 13.5. The van der Waals surface area contributed by atoms with Crippen molar-refractivity contribution in [2.75, 3.05) is 5.32 Å². The van der Waals surface area contributed by atoms with Crippen molar-refractivity contribution in [1.82, 2.24) is 0 Å². The molecule has 0 aliphatic heterocycles. The number of rotatable bonds is 5. The van der Waals surface area contributed by atoms with Crippen LogP contribution in [0.25, 0.3) is 0 Å². The number of benzene rings is 3. The summed E-state index contributed by atoms with van der Waals surface area (Å²) >= 11 is 0. The molecule has 25 heavy (non-hydrogen) atoms. The first-order valence-electron chi connectivity index (χ1n) is 7.85. The quantitative estimate of drug-likeness (QED) is 0.732. The Bertz CT molecular complexity index is 897. The van der Waals surface area contributed by atoms with Crippen LogP contribution in [-0.4, -0.2) is 5.91 Å². The highest BCUT2D eigenvalue weighted by molar-refractivity contribution is 6.04. The molecular formula is C21H16N2O2. The van der Waals surface area contributed by atoms with Crippen LogP contribution in [0.5, 0.6) is 11.5 Å². The van der Waals surface area contributed by atoms with Crippen molar-refractivity contribution in [2.45, 2.75) is 6.42 Å². The molecule has 0 heterocycles. The number of nitrogens with one attached hydrogen (secondary N) is 1. The molecule has 0 saturated heterocycles. The minimum Gasteiger partial charge on any atom is -0.457 e. The smallest absolute Gasteiger partial charge is 0.255 e. The maximum Gasteiger partial charge on any atom is 0.255 e. The molecule has 0 unspecified atom stereocenters. The Kier molecular flexibility index (Phi) is 5.08. The number of para-hydroxylation sites is 1. The molecule has 4 heteroatoms. The lowest BCUT2D eigenvalue weighted by Gasteiger charge is -2.09. The fraction of sp³-hybridized carbons (Fsp3) is 0.0476. The summed E-state index contributed by atoms with van der Waals surface area (Å²) in [6.07, 6.45) is 0.354. The number of hydrogen-bond donors (Lipinski definition) is 1. The summed E-state index contributed by atoms with van der Waals surface area (Å²) in [7, 11) is 0. The van der Waals surface area contributed by atoms with Gasteiger partial charge in [-0.3, -0.25) is 4.79 Å². The lowest BCUT2D eigenvalue weighted by molar-refractivity contribution is 0.102. The molecule has 0 spiro atoms. The molecule has 0 aromatic heterocycles. The van der Waals surface area contributed by atoms with Crippen molar-refractivity contribution in [3.8, 4) is 17.6 Å². The van der Waals surface area contributed by atoms with Crippen LogP contribution in [0.3, 0.4) is 0 Å². The van der Waals surface area contributed by atoms with Crippen LogP contribution < -0.4 is 10.1 Å². The number of anilines is 1. The number of carbonyl (C=O) groups excluding carboxylic acids is 1. The first-order valence-corrected chi connectivity index (χ1v) is 7.85. The number of carbonyl (C=O) groups is 1. The van der Waals surface area contributed by atoms with E-state index in [9.17, 15) is 4.79 Å². The van der Waals surface area contributed by atoms with Crippen LogP contribution in [0.2, 0.25) is 0 Å². The van der Waals surface area contributed by atoms with E-state index >= 15 is 0 Å². The van der Waals surface area contributed by atoms with Gasteiger partial charge in [0.1, 0.15) is 11.5 Å². The lowest BCUT2D eigenvalue weighted by atomic mass is 10.1. The fourth-order valence-electron chi connectivity index (χ4n) is 2.33. The molecule has 0 bridgehead atoms. The Morgan fingerprint density at radius 2 is 1.64 bits per heavy atom. The van der Waals surface area contributed by atoms with Gasteiger partial charge in [0.15, 0.2) is 0 Å². The van der Waals surface area contributed by atoms with Gasteiger partial charge in [-0.05, 0) is 48.0 Å². The maximum atomic E-state index is 12.4. The molecular weight excluding hydrogens is 312 g/mol. The standard InChI is InChI=1S/C21H16N2O2/c22-14-13-16-9-11-18(12-10-16)23-21(24)17-5-4-8-20(15-17)25-19-6-2-1-3-7-19/h1-12,15H,13H2,(H,23,24). The molecule has 1 N–H and O–H groups in total. The molecule has 0 fully saturated rings. The first kappa shape index (κ1) is 16.3. The summed E-state index contributed by atoms with van der Waals surface area (Å²) in [6, 6.07) is 25.8. The van der Waals surface area contributed by atoms with E-state index < -0.39 is 0 Å². The van der Waals surface area contributed by atoms with E-state index in [-0.39, 0.29) is 5.91 Å². The number of nitriles is 1. The van der Waals surface area contributed by atoms with Crippen LogP contribution in [0, 0.1) is 11.3 Å². The lowest BCUT2D eigenvalue weighted by Crippen LogP contribution is -2.11. The van der Waals surface area contributed by atoms with Crippen molar-refractivity contribution < 1.29 is 9.53 Å². The van der Waals surface area contributed by atoms with Crippen molar-refractivity contribution in [1.29, 1.82) is 5.26 Å². The molecule has 3 aromatic carbocycles. The highest BCUT2D eigenvalue weighted by atomic mass is 16.5. The predicted molar refractivity (Wildman–Crippen MR) is 96.7 cm³/mol. The second-order valence-corrected chi connectivity index (χ2v) is 5.43. The molecule has 3 aromatic rings. The highest BCUT2D eigenvalue weighted by Gasteiger charge is 2.08. The van der Waals surface area contributed by atoms with Crippen LogP contribution >= 0.6 is 0 Å². The summed E-state index contributed by atoms with van der Waals surface area (Å²) in [5.74, 6) is 1.10. The van der Waals surface area contributed by atoms with E-state index in [0.29, 0.717) is 29.2 Å². The molecule has 0 aliphatic carbocycles. The van der Waals surface area contributed by atoms with Crippen LogP contribution in [0.15, 0.2) is 78.9 Å². The second-order valence-electron chi connectivity index (χ2n) is 5.43. The van der Waals surface area contributed by atoms with E-state index in [1.54, 1.807) is 36.4 Å². The minimum absolute atomic E-state index is 0.216. The van der Waals surface area contributed by atoms with Gasteiger partial charge in [0.25, 0.3) is 5.91 Å². The van der Waals surface area contributed by atoms with Gasteiger partial charge in [-0.25, -0.2) is 0 Å². The normalized spacial score (nSPS) is 9.88. The highest BCUT2D eigenvalue weighted by Crippen LogP contribution is 2.22. The third-order valence-electron chi connectivity index (χ3n) is 3.57. The monoisotopic (exact) mass is 328 g/mol. The Morgan fingerprint density at radius 1 is 0.920 bits per heavy atom.